The fourth-order valence-electron chi connectivity index (χ4n) is 3.11. The van der Waals surface area contributed by atoms with Gasteiger partial charge in [-0.05, 0) is 56.0 Å². The van der Waals surface area contributed by atoms with E-state index in [0.717, 1.165) is 22.5 Å². The van der Waals surface area contributed by atoms with Crippen LogP contribution in [0.15, 0.2) is 60.9 Å². The van der Waals surface area contributed by atoms with Gasteiger partial charge in [-0.1, -0.05) is 42.5 Å². The molecule has 0 unspecified atom stereocenters. The molecule has 4 aromatic rings. The number of imidazole rings is 1. The largest absolute Gasteiger partial charge is 0.386 e. The summed E-state index contributed by atoms with van der Waals surface area (Å²) in [6.45, 7) is 7.76. The molecule has 2 aromatic heterocycles. The Morgan fingerprint density at radius 3 is 2.19 bits per heavy atom. The van der Waals surface area contributed by atoms with Crippen LogP contribution in [-0.4, -0.2) is 19.7 Å². The molecule has 0 saturated carbocycles. The molecule has 0 aliphatic rings. The Balaban J connectivity index is 1.68. The average molecular weight is 357 g/mol. The van der Waals surface area contributed by atoms with Crippen molar-refractivity contribution in [2.45, 2.75) is 33.3 Å². The third-order valence-corrected chi connectivity index (χ3v) is 5.05. The summed E-state index contributed by atoms with van der Waals surface area (Å²) in [5.74, 6) is 0. The second-order valence-corrected chi connectivity index (χ2v) is 7.61. The van der Waals surface area contributed by atoms with Gasteiger partial charge >= 0.3 is 0 Å². The Bertz CT molecular complexity index is 1120. The molecule has 136 valence electrons. The molecule has 2 heterocycles. The molecule has 0 spiro atoms. The maximum atomic E-state index is 10.2. The fraction of sp³-hybridized carbons (Fsp3) is 0.217. The maximum absolute atomic E-state index is 10.2. The van der Waals surface area contributed by atoms with Crippen molar-refractivity contribution in [1.82, 2.24) is 14.6 Å². The monoisotopic (exact) mass is 357 g/mol. The minimum Gasteiger partial charge on any atom is -0.386 e. The number of hydrogen-bond acceptors (Lipinski definition) is 3. The zero-order valence-electron chi connectivity index (χ0n) is 16.1. The van der Waals surface area contributed by atoms with E-state index in [1.54, 1.807) is 24.6 Å². The molecule has 0 fully saturated rings. The topological polar surface area (TPSA) is 50.4 Å². The van der Waals surface area contributed by atoms with Gasteiger partial charge in [0.2, 0.25) is 0 Å². The van der Waals surface area contributed by atoms with E-state index in [-0.39, 0.29) is 0 Å². The molecule has 0 aliphatic carbocycles. The SMILES string of the molecule is Cc1ccc(-c2ccc(-c3cn4ncc(C(C)(C)O)cc4n3)cc2)cc1C. The first-order chi connectivity index (χ1) is 12.8. The van der Waals surface area contributed by atoms with E-state index in [4.69, 9.17) is 0 Å². The maximum Gasteiger partial charge on any atom is 0.154 e. The summed E-state index contributed by atoms with van der Waals surface area (Å²) in [6, 6.07) is 16.8. The quantitative estimate of drug-likeness (QED) is 0.567. The van der Waals surface area contributed by atoms with Crippen LogP contribution in [0.5, 0.6) is 0 Å². The molecule has 0 atom stereocenters. The number of nitrogens with zero attached hydrogens (tertiary/aromatic N) is 3. The lowest BCUT2D eigenvalue weighted by Crippen LogP contribution is -2.16. The number of aromatic nitrogens is 3. The molecule has 0 bridgehead atoms. The van der Waals surface area contributed by atoms with Gasteiger partial charge in [0, 0.05) is 11.1 Å². The van der Waals surface area contributed by atoms with Gasteiger partial charge in [-0.3, -0.25) is 0 Å². The van der Waals surface area contributed by atoms with Crippen molar-refractivity contribution in [2.24, 2.45) is 0 Å². The third kappa shape index (κ3) is 3.36. The van der Waals surface area contributed by atoms with Crippen molar-refractivity contribution in [1.29, 1.82) is 0 Å². The van der Waals surface area contributed by atoms with Crippen LogP contribution in [0, 0.1) is 13.8 Å². The van der Waals surface area contributed by atoms with E-state index in [0.29, 0.717) is 0 Å². The Morgan fingerprint density at radius 2 is 1.52 bits per heavy atom. The van der Waals surface area contributed by atoms with E-state index in [2.05, 4.69) is 66.4 Å². The first-order valence-electron chi connectivity index (χ1n) is 9.07. The van der Waals surface area contributed by atoms with Crippen molar-refractivity contribution in [3.63, 3.8) is 0 Å². The van der Waals surface area contributed by atoms with Gasteiger partial charge in [-0.2, -0.15) is 5.10 Å². The number of rotatable bonds is 3. The predicted molar refractivity (Wildman–Crippen MR) is 109 cm³/mol. The van der Waals surface area contributed by atoms with Gasteiger partial charge in [0.05, 0.1) is 23.7 Å². The standard InChI is InChI=1S/C23H23N3O/c1-15-5-6-19(11-16(15)2)17-7-9-18(10-8-17)21-14-26-22(25-21)12-20(13-24-26)23(3,4)27/h5-14,27H,1-4H3. The smallest absolute Gasteiger partial charge is 0.154 e. The molecular formula is C23H23N3O. The van der Waals surface area contributed by atoms with Gasteiger partial charge in [0.15, 0.2) is 5.65 Å². The highest BCUT2D eigenvalue weighted by molar-refractivity contribution is 5.70. The van der Waals surface area contributed by atoms with Crippen molar-refractivity contribution >= 4 is 5.65 Å². The Labute approximate surface area is 159 Å². The number of aryl methyl sites for hydroxylation is 2. The molecule has 0 saturated heterocycles. The molecule has 0 amide bonds. The van der Waals surface area contributed by atoms with Gasteiger partial charge in [0.25, 0.3) is 0 Å². The van der Waals surface area contributed by atoms with Gasteiger partial charge in [-0.15, -0.1) is 0 Å². The average Bonchev–Trinajstić information content (AvgIpc) is 3.07. The van der Waals surface area contributed by atoms with Crippen molar-refractivity contribution < 1.29 is 5.11 Å². The van der Waals surface area contributed by atoms with Crippen molar-refractivity contribution in [3.8, 4) is 22.4 Å². The second-order valence-electron chi connectivity index (χ2n) is 7.61. The zero-order chi connectivity index (χ0) is 19.2. The lowest BCUT2D eigenvalue weighted by atomic mass is 9.99. The van der Waals surface area contributed by atoms with Gasteiger partial charge in [-0.25, -0.2) is 9.50 Å². The molecule has 1 N–H and O–H groups in total. The minimum atomic E-state index is -0.936. The Kier molecular flexibility index (Phi) is 4.08. The minimum absolute atomic E-state index is 0.725. The summed E-state index contributed by atoms with van der Waals surface area (Å²) < 4.78 is 1.74. The highest BCUT2D eigenvalue weighted by atomic mass is 16.3. The molecule has 27 heavy (non-hydrogen) atoms. The summed E-state index contributed by atoms with van der Waals surface area (Å²) in [7, 11) is 0. The van der Waals surface area contributed by atoms with E-state index < -0.39 is 5.60 Å². The highest BCUT2D eigenvalue weighted by Gasteiger charge is 2.17. The van der Waals surface area contributed by atoms with Crippen LogP contribution < -0.4 is 0 Å². The summed E-state index contributed by atoms with van der Waals surface area (Å²) in [5, 5.41) is 14.5. The van der Waals surface area contributed by atoms with Gasteiger partial charge < -0.3 is 5.11 Å². The molecule has 0 radical (unpaired) electrons. The Hall–Kier alpha value is -2.98. The van der Waals surface area contributed by atoms with E-state index in [9.17, 15) is 5.11 Å². The highest BCUT2D eigenvalue weighted by Crippen LogP contribution is 2.27. The predicted octanol–water partition coefficient (Wildman–Crippen LogP) is 4.91. The van der Waals surface area contributed by atoms with Crippen LogP contribution in [0.25, 0.3) is 28.0 Å². The van der Waals surface area contributed by atoms with E-state index in [1.165, 1.54) is 22.3 Å². The summed E-state index contributed by atoms with van der Waals surface area (Å²) in [4.78, 5) is 4.67. The molecule has 2 aromatic carbocycles. The third-order valence-electron chi connectivity index (χ3n) is 5.05. The van der Waals surface area contributed by atoms with E-state index in [1.807, 2.05) is 12.3 Å². The molecule has 0 aliphatic heterocycles. The molecule has 4 nitrogen and oxygen atoms in total. The number of hydrogen-bond donors (Lipinski definition) is 1. The molecule has 4 rings (SSSR count). The summed E-state index contributed by atoms with van der Waals surface area (Å²) in [6.07, 6.45) is 3.59. The first kappa shape index (κ1) is 17.4. The van der Waals surface area contributed by atoms with Crippen LogP contribution in [0.2, 0.25) is 0 Å². The van der Waals surface area contributed by atoms with Crippen molar-refractivity contribution in [2.75, 3.05) is 0 Å². The molecule has 4 heteroatoms. The summed E-state index contributed by atoms with van der Waals surface area (Å²) >= 11 is 0. The number of fused-ring (bicyclic) bond motifs is 1. The fourth-order valence-corrected chi connectivity index (χ4v) is 3.11. The van der Waals surface area contributed by atoms with Crippen LogP contribution >= 0.6 is 0 Å². The normalized spacial score (nSPS) is 11.9. The number of benzene rings is 2. The van der Waals surface area contributed by atoms with Crippen molar-refractivity contribution in [3.05, 3.63) is 77.6 Å². The summed E-state index contributed by atoms with van der Waals surface area (Å²) in [5.41, 5.74) is 7.45. The first-order valence-corrected chi connectivity index (χ1v) is 9.07. The molecular weight excluding hydrogens is 334 g/mol. The Morgan fingerprint density at radius 1 is 0.852 bits per heavy atom. The second kappa shape index (κ2) is 6.32. The van der Waals surface area contributed by atoms with Crippen LogP contribution in [0.3, 0.4) is 0 Å². The van der Waals surface area contributed by atoms with E-state index >= 15 is 0 Å². The van der Waals surface area contributed by atoms with Crippen LogP contribution in [-0.2, 0) is 5.60 Å². The van der Waals surface area contributed by atoms with Crippen LogP contribution in [0.1, 0.15) is 30.5 Å². The lowest BCUT2D eigenvalue weighted by Gasteiger charge is -2.16. The van der Waals surface area contributed by atoms with Gasteiger partial charge in [0.1, 0.15) is 0 Å². The zero-order valence-corrected chi connectivity index (χ0v) is 16.1. The lowest BCUT2D eigenvalue weighted by molar-refractivity contribution is 0.0781. The van der Waals surface area contributed by atoms with Crippen LogP contribution in [0.4, 0.5) is 0 Å². The number of aliphatic hydroxyl groups is 1.